The van der Waals surface area contributed by atoms with Crippen molar-refractivity contribution >= 4 is 33.9 Å². The van der Waals surface area contributed by atoms with E-state index in [2.05, 4.69) is 42.1 Å². The Morgan fingerprint density at radius 3 is 2.35 bits per heavy atom. The van der Waals surface area contributed by atoms with E-state index < -0.39 is 11.7 Å². The lowest BCUT2D eigenvalue weighted by Crippen LogP contribution is -2.38. The second-order valence-corrected chi connectivity index (χ2v) is 14.2. The van der Waals surface area contributed by atoms with Crippen molar-refractivity contribution in [2.24, 2.45) is 7.05 Å². The Balaban J connectivity index is 0.987. The van der Waals surface area contributed by atoms with Crippen LogP contribution in [0.3, 0.4) is 0 Å². The van der Waals surface area contributed by atoms with Crippen molar-refractivity contribution in [3.8, 4) is 11.1 Å². The Bertz CT molecular complexity index is 1950. The lowest BCUT2D eigenvalue weighted by Gasteiger charge is -2.31. The summed E-state index contributed by atoms with van der Waals surface area (Å²) in [6.45, 7) is 1.09. The number of alkyl halides is 3. The van der Waals surface area contributed by atoms with Crippen LogP contribution in [0.2, 0.25) is 0 Å². The highest BCUT2D eigenvalue weighted by atomic mass is 32.1. The van der Waals surface area contributed by atoms with Crippen molar-refractivity contribution in [2.45, 2.75) is 68.9 Å². The average Bonchev–Trinajstić information content (AvgIpc) is 3.87. The third-order valence-corrected chi connectivity index (χ3v) is 11.5. The van der Waals surface area contributed by atoms with E-state index in [1.807, 2.05) is 10.3 Å². The van der Waals surface area contributed by atoms with Crippen molar-refractivity contribution in [3.63, 3.8) is 0 Å². The molecule has 1 aliphatic heterocycles. The molecule has 248 valence electrons. The fraction of sp³-hybridized carbons (Fsp3) is 0.359. The van der Waals surface area contributed by atoms with E-state index in [4.69, 9.17) is 4.98 Å². The van der Waals surface area contributed by atoms with Crippen LogP contribution < -0.4 is 0 Å². The summed E-state index contributed by atoms with van der Waals surface area (Å²) in [5.41, 5.74) is 4.09. The Labute approximate surface area is 282 Å². The molecular weight excluding hydrogens is 632 g/mol. The van der Waals surface area contributed by atoms with Gasteiger partial charge in [-0.2, -0.15) is 13.2 Å². The number of ketones is 1. The summed E-state index contributed by atoms with van der Waals surface area (Å²) in [6, 6.07) is 20.5. The quantitative estimate of drug-likeness (QED) is 0.155. The molecule has 2 aromatic heterocycles. The minimum atomic E-state index is -4.42. The van der Waals surface area contributed by atoms with Crippen molar-refractivity contribution in [2.75, 3.05) is 13.1 Å². The van der Waals surface area contributed by atoms with Gasteiger partial charge in [0, 0.05) is 60.5 Å². The molecule has 0 atom stereocenters. The maximum atomic E-state index is 13.6. The normalized spacial score (nSPS) is 16.9. The molecule has 1 amide bonds. The Morgan fingerprint density at radius 1 is 0.938 bits per heavy atom. The monoisotopic (exact) mass is 669 g/mol. The van der Waals surface area contributed by atoms with Crippen LogP contribution in [-0.4, -0.2) is 39.2 Å². The lowest BCUT2D eigenvalue weighted by atomic mass is 9.74. The second-order valence-electron chi connectivity index (χ2n) is 13.3. The van der Waals surface area contributed by atoms with Gasteiger partial charge in [-0.3, -0.25) is 9.59 Å². The molecule has 3 aromatic carbocycles. The second kappa shape index (κ2) is 13.0. The number of likely N-dealkylation sites (tertiary alicyclic amines) is 1. The topological polar surface area (TPSA) is 55.2 Å². The summed E-state index contributed by atoms with van der Waals surface area (Å²) in [5.74, 6) is 0.130. The smallest absolute Gasteiger partial charge is 0.350 e. The number of aromatic nitrogens is 2. The number of fused-ring (bicyclic) bond motifs is 1. The summed E-state index contributed by atoms with van der Waals surface area (Å²) in [7, 11) is 2.10. The molecule has 0 bridgehead atoms. The highest BCUT2D eigenvalue weighted by Gasteiger charge is 2.38. The van der Waals surface area contributed by atoms with E-state index in [0.717, 1.165) is 49.2 Å². The van der Waals surface area contributed by atoms with Gasteiger partial charge in [0.2, 0.25) is 0 Å². The minimum absolute atomic E-state index is 0.0138. The van der Waals surface area contributed by atoms with E-state index in [9.17, 15) is 22.8 Å². The van der Waals surface area contributed by atoms with Crippen LogP contribution >= 0.6 is 11.3 Å². The molecule has 7 rings (SSSR count). The number of nitrogens with zero attached hydrogens (tertiary/aromatic N) is 3. The van der Waals surface area contributed by atoms with Gasteiger partial charge in [-0.25, -0.2) is 4.98 Å². The zero-order chi connectivity index (χ0) is 33.5. The number of benzene rings is 3. The molecule has 0 spiro atoms. The van der Waals surface area contributed by atoms with Gasteiger partial charge in [0.1, 0.15) is 5.69 Å². The van der Waals surface area contributed by atoms with Crippen LogP contribution in [0, 0.1) is 0 Å². The number of para-hydroxylation sites is 1. The number of Topliss-reactive ketones (excluding diaryl/α,β-unsaturated/α-hetero) is 1. The van der Waals surface area contributed by atoms with E-state index in [1.165, 1.54) is 52.8 Å². The largest absolute Gasteiger partial charge is 0.416 e. The zero-order valence-electron chi connectivity index (χ0n) is 26.9. The van der Waals surface area contributed by atoms with Crippen LogP contribution in [0.1, 0.15) is 94.3 Å². The number of piperidine rings is 1. The van der Waals surface area contributed by atoms with Gasteiger partial charge >= 0.3 is 6.18 Å². The summed E-state index contributed by atoms with van der Waals surface area (Å²) in [4.78, 5) is 33.7. The number of thiazole rings is 1. The molecule has 5 aromatic rings. The van der Waals surface area contributed by atoms with Gasteiger partial charge in [-0.15, -0.1) is 11.3 Å². The zero-order valence-corrected chi connectivity index (χ0v) is 27.7. The summed E-state index contributed by atoms with van der Waals surface area (Å²) in [5, 5.41) is 4.13. The number of aryl methyl sites for hydroxylation is 1. The molecule has 1 saturated heterocycles. The summed E-state index contributed by atoms with van der Waals surface area (Å²) >= 11 is 1.53. The first-order valence-electron chi connectivity index (χ1n) is 16.7. The van der Waals surface area contributed by atoms with Crippen molar-refractivity contribution in [3.05, 3.63) is 112 Å². The van der Waals surface area contributed by atoms with Gasteiger partial charge in [-0.05, 0) is 78.5 Å². The number of hydrogen-bond donors (Lipinski definition) is 0. The number of carbonyl (C=O) groups excluding carboxylic acids is 2. The number of rotatable bonds is 8. The molecule has 5 nitrogen and oxygen atoms in total. The average molecular weight is 670 g/mol. The minimum Gasteiger partial charge on any atom is -0.350 e. The molecule has 1 saturated carbocycles. The highest BCUT2D eigenvalue weighted by Crippen LogP contribution is 2.47. The van der Waals surface area contributed by atoms with E-state index in [0.29, 0.717) is 41.9 Å². The van der Waals surface area contributed by atoms with Crippen molar-refractivity contribution in [1.29, 1.82) is 0 Å². The molecule has 3 heterocycles. The van der Waals surface area contributed by atoms with Gasteiger partial charge in [-0.1, -0.05) is 61.4 Å². The Hall–Kier alpha value is -4.24. The summed E-state index contributed by atoms with van der Waals surface area (Å²) in [6.07, 6.45) is 5.18. The molecule has 0 unspecified atom stereocenters. The van der Waals surface area contributed by atoms with E-state index in [-0.39, 0.29) is 23.0 Å². The molecule has 0 N–H and O–H groups in total. The number of hydrogen-bond acceptors (Lipinski definition) is 4. The van der Waals surface area contributed by atoms with Gasteiger partial charge < -0.3 is 9.47 Å². The third-order valence-electron chi connectivity index (χ3n) is 10.5. The van der Waals surface area contributed by atoms with Crippen LogP contribution in [0.15, 0.2) is 84.4 Å². The van der Waals surface area contributed by atoms with Gasteiger partial charge in [0.25, 0.3) is 5.91 Å². The van der Waals surface area contributed by atoms with E-state index >= 15 is 0 Å². The molecule has 2 aliphatic rings. The molecule has 48 heavy (non-hydrogen) atoms. The van der Waals surface area contributed by atoms with Crippen LogP contribution in [0.5, 0.6) is 0 Å². The van der Waals surface area contributed by atoms with Crippen LogP contribution in [-0.2, 0) is 18.6 Å². The number of halogens is 3. The van der Waals surface area contributed by atoms with Crippen LogP contribution in [0.4, 0.5) is 13.2 Å². The van der Waals surface area contributed by atoms with Gasteiger partial charge in [0.15, 0.2) is 5.78 Å². The number of carbonyl (C=O) groups is 2. The molecule has 1 aliphatic carbocycles. The molecular formula is C39H38F3N3O2S. The SMILES string of the molecule is Cn1cc(C2(CCC(=O)c3csc(C4CCN(C(=O)c5ccccc5-c5ccc(C(F)(F)F)cc5)CC4)n3)CCCC2)c2ccccc21. The van der Waals surface area contributed by atoms with Gasteiger partial charge in [0.05, 0.1) is 10.6 Å². The maximum absolute atomic E-state index is 13.6. The third kappa shape index (κ3) is 6.20. The number of amides is 1. The fourth-order valence-corrected chi connectivity index (χ4v) is 8.81. The lowest BCUT2D eigenvalue weighted by molar-refractivity contribution is -0.137. The fourth-order valence-electron chi connectivity index (χ4n) is 7.81. The van der Waals surface area contributed by atoms with Crippen molar-refractivity contribution < 1.29 is 22.8 Å². The first-order valence-corrected chi connectivity index (χ1v) is 17.6. The van der Waals surface area contributed by atoms with Crippen molar-refractivity contribution in [1.82, 2.24) is 14.5 Å². The predicted octanol–water partition coefficient (Wildman–Crippen LogP) is 9.82. The van der Waals surface area contributed by atoms with Crippen LogP contribution in [0.25, 0.3) is 22.0 Å². The standard InChI is InChI=1S/C39H38F3N3O2S/c1-44-24-32(31-10-4-5-11-34(31)44)38(19-6-7-20-38)21-16-35(46)33-25-48-36(43-33)27-17-22-45(23-18-27)37(47)30-9-3-2-8-29(30)26-12-14-28(15-13-26)39(40,41)42/h2-5,8-15,24-25,27H,6-7,16-23H2,1H3. The summed E-state index contributed by atoms with van der Waals surface area (Å²) < 4.78 is 41.5. The predicted molar refractivity (Wildman–Crippen MR) is 184 cm³/mol. The van der Waals surface area contributed by atoms with E-state index in [1.54, 1.807) is 24.3 Å². The Morgan fingerprint density at radius 2 is 1.62 bits per heavy atom. The first-order chi connectivity index (χ1) is 23.1. The molecule has 2 fully saturated rings. The highest BCUT2D eigenvalue weighted by molar-refractivity contribution is 7.09. The Kier molecular flexibility index (Phi) is 8.75. The molecule has 0 radical (unpaired) electrons. The molecule has 9 heteroatoms. The maximum Gasteiger partial charge on any atom is 0.416 e. The first kappa shape index (κ1) is 32.3.